The zero-order valence-corrected chi connectivity index (χ0v) is 8.84. The molecule has 0 aromatic heterocycles. The first-order valence-electron chi connectivity index (χ1n) is 5.56. The maximum absolute atomic E-state index is 12.0. The van der Waals surface area contributed by atoms with Crippen molar-refractivity contribution >= 4 is 11.6 Å². The number of anilines is 1. The van der Waals surface area contributed by atoms with Crippen LogP contribution in [0.3, 0.4) is 0 Å². The van der Waals surface area contributed by atoms with Crippen molar-refractivity contribution < 1.29 is 4.79 Å². The quantitative estimate of drug-likeness (QED) is 0.750. The first-order chi connectivity index (χ1) is 7.83. The highest BCUT2D eigenvalue weighted by atomic mass is 16.2. The van der Waals surface area contributed by atoms with E-state index in [9.17, 15) is 4.79 Å². The number of carbonyl (C=O) groups excluding carboxylic acids is 1. The molecule has 3 heteroatoms. The summed E-state index contributed by atoms with van der Waals surface area (Å²) in [4.78, 5) is 13.9. The van der Waals surface area contributed by atoms with Gasteiger partial charge in [-0.1, -0.05) is 18.2 Å². The van der Waals surface area contributed by atoms with Gasteiger partial charge in [0.25, 0.3) is 0 Å². The first kappa shape index (κ1) is 9.41. The molecule has 1 aromatic rings. The van der Waals surface area contributed by atoms with Crippen LogP contribution < -0.4 is 4.90 Å². The lowest BCUT2D eigenvalue weighted by molar-refractivity contribution is -0.119. The van der Waals surface area contributed by atoms with Gasteiger partial charge >= 0.3 is 0 Å². The van der Waals surface area contributed by atoms with Crippen molar-refractivity contribution in [1.29, 1.82) is 5.26 Å². The van der Waals surface area contributed by atoms with E-state index in [0.717, 1.165) is 12.2 Å². The van der Waals surface area contributed by atoms with Gasteiger partial charge in [0.1, 0.15) is 0 Å². The van der Waals surface area contributed by atoms with Crippen molar-refractivity contribution in [2.24, 2.45) is 17.8 Å². The lowest BCUT2D eigenvalue weighted by Gasteiger charge is -2.19. The molecule has 0 radical (unpaired) electrons. The molecule has 3 nitrogen and oxygen atoms in total. The maximum Gasteiger partial charge on any atom is 0.230 e. The summed E-state index contributed by atoms with van der Waals surface area (Å²) < 4.78 is 0. The summed E-state index contributed by atoms with van der Waals surface area (Å²) in [6, 6.07) is 11.9. The molecule has 1 saturated heterocycles. The van der Waals surface area contributed by atoms with Gasteiger partial charge in [0.2, 0.25) is 5.91 Å². The average Bonchev–Trinajstić information content (AvgIpc) is 2.88. The third kappa shape index (κ3) is 1.23. The van der Waals surface area contributed by atoms with Gasteiger partial charge in [-0.2, -0.15) is 5.26 Å². The lowest BCUT2D eigenvalue weighted by atomic mass is 10.2. The van der Waals surface area contributed by atoms with Gasteiger partial charge in [-0.25, -0.2) is 0 Å². The van der Waals surface area contributed by atoms with Crippen LogP contribution >= 0.6 is 0 Å². The minimum Gasteiger partial charge on any atom is -0.312 e. The van der Waals surface area contributed by atoms with E-state index in [0.29, 0.717) is 18.3 Å². The van der Waals surface area contributed by atoms with Crippen LogP contribution in [0.1, 0.15) is 6.42 Å². The summed E-state index contributed by atoms with van der Waals surface area (Å²) in [5, 5.41) is 8.63. The Labute approximate surface area is 94.3 Å². The predicted octanol–water partition coefficient (Wildman–Crippen LogP) is 1.81. The van der Waals surface area contributed by atoms with Crippen molar-refractivity contribution in [2.75, 3.05) is 11.4 Å². The molecule has 1 amide bonds. The molecule has 0 spiro atoms. The Morgan fingerprint density at radius 1 is 1.38 bits per heavy atom. The molecular formula is C13H12N2O. The summed E-state index contributed by atoms with van der Waals surface area (Å²) in [7, 11) is 0. The van der Waals surface area contributed by atoms with Crippen LogP contribution in [0.5, 0.6) is 0 Å². The highest BCUT2D eigenvalue weighted by Crippen LogP contribution is 2.54. The molecule has 80 valence electrons. The van der Waals surface area contributed by atoms with E-state index in [1.165, 1.54) is 0 Å². The molecular weight excluding hydrogens is 200 g/mol. The van der Waals surface area contributed by atoms with Crippen LogP contribution in [-0.2, 0) is 4.79 Å². The number of fused-ring (bicyclic) bond motifs is 1. The largest absolute Gasteiger partial charge is 0.312 e. The van der Waals surface area contributed by atoms with Crippen molar-refractivity contribution in [3.63, 3.8) is 0 Å². The zero-order chi connectivity index (χ0) is 11.1. The zero-order valence-electron chi connectivity index (χ0n) is 8.84. The Bertz CT molecular complexity index is 463. The molecule has 0 N–H and O–H groups in total. The van der Waals surface area contributed by atoms with Gasteiger partial charge < -0.3 is 4.90 Å². The minimum atomic E-state index is 0.125. The summed E-state index contributed by atoms with van der Waals surface area (Å²) in [6.07, 6.45) is 0.531. The van der Waals surface area contributed by atoms with E-state index in [4.69, 9.17) is 5.26 Å². The van der Waals surface area contributed by atoms with Crippen molar-refractivity contribution in [1.82, 2.24) is 0 Å². The Kier molecular flexibility index (Phi) is 1.97. The summed E-state index contributed by atoms with van der Waals surface area (Å²) >= 11 is 0. The van der Waals surface area contributed by atoms with Gasteiger partial charge in [-0.15, -0.1) is 0 Å². The van der Waals surface area contributed by atoms with Gasteiger partial charge in [0.15, 0.2) is 0 Å². The number of carbonyl (C=O) groups is 1. The Morgan fingerprint density at radius 3 is 2.69 bits per heavy atom. The highest BCUT2D eigenvalue weighted by molar-refractivity contribution is 6.00. The fourth-order valence-electron chi connectivity index (χ4n) is 2.77. The highest BCUT2D eigenvalue weighted by Gasteiger charge is 2.61. The number of benzene rings is 1. The van der Waals surface area contributed by atoms with Gasteiger partial charge in [0.05, 0.1) is 6.07 Å². The standard InChI is InChI=1S/C13H12N2O/c14-7-6-10-11-8-15(13(16)12(10)11)9-4-2-1-3-5-9/h1-5,10-12H,6,8H2/t10-,11-,12+/m0/s1. The third-order valence-electron chi connectivity index (χ3n) is 3.67. The molecule has 1 heterocycles. The van der Waals surface area contributed by atoms with Crippen molar-refractivity contribution in [3.8, 4) is 6.07 Å². The second kappa shape index (κ2) is 3.34. The monoisotopic (exact) mass is 212 g/mol. The number of para-hydroxylation sites is 1. The van der Waals surface area contributed by atoms with Gasteiger partial charge in [-0.3, -0.25) is 4.79 Å². The van der Waals surface area contributed by atoms with Crippen LogP contribution in [0.15, 0.2) is 30.3 Å². The number of rotatable bonds is 2. The molecule has 3 rings (SSSR count). The van der Waals surface area contributed by atoms with Crippen LogP contribution in [0.4, 0.5) is 5.69 Å². The van der Waals surface area contributed by atoms with Crippen LogP contribution in [0, 0.1) is 29.1 Å². The summed E-state index contributed by atoms with van der Waals surface area (Å²) in [6.45, 7) is 0.792. The van der Waals surface area contributed by atoms with E-state index in [-0.39, 0.29) is 11.8 Å². The molecule has 1 saturated carbocycles. The molecule has 2 fully saturated rings. The third-order valence-corrected chi connectivity index (χ3v) is 3.67. The SMILES string of the molecule is N#CC[C@H]1[C@@H]2CN(c3ccccc3)C(=O)[C@H]12. The molecule has 2 aliphatic rings. The second-order valence-electron chi connectivity index (χ2n) is 4.50. The Balaban J connectivity index is 1.76. The predicted molar refractivity (Wildman–Crippen MR) is 59.5 cm³/mol. The molecule has 16 heavy (non-hydrogen) atoms. The van der Waals surface area contributed by atoms with Crippen LogP contribution in [0.25, 0.3) is 0 Å². The fraction of sp³-hybridized carbons (Fsp3) is 0.385. The van der Waals surface area contributed by atoms with Crippen molar-refractivity contribution in [3.05, 3.63) is 30.3 Å². The Hall–Kier alpha value is -1.82. The molecule has 1 aliphatic heterocycles. The molecule has 3 atom stereocenters. The average molecular weight is 212 g/mol. The number of nitrogens with zero attached hydrogens (tertiary/aromatic N) is 2. The Morgan fingerprint density at radius 2 is 2.12 bits per heavy atom. The normalized spacial score (nSPS) is 31.1. The molecule has 0 bridgehead atoms. The van der Waals surface area contributed by atoms with E-state index >= 15 is 0 Å². The summed E-state index contributed by atoms with van der Waals surface area (Å²) in [5.74, 6) is 1.08. The van der Waals surface area contributed by atoms with Crippen LogP contribution in [0.2, 0.25) is 0 Å². The number of hydrogen-bond acceptors (Lipinski definition) is 2. The van der Waals surface area contributed by atoms with Crippen molar-refractivity contribution in [2.45, 2.75) is 6.42 Å². The van der Waals surface area contributed by atoms with Gasteiger partial charge in [-0.05, 0) is 24.0 Å². The molecule has 1 aromatic carbocycles. The van der Waals surface area contributed by atoms with E-state index in [1.54, 1.807) is 0 Å². The van der Waals surface area contributed by atoms with E-state index in [2.05, 4.69) is 6.07 Å². The second-order valence-corrected chi connectivity index (χ2v) is 4.50. The molecule has 1 aliphatic carbocycles. The number of piperidine rings is 1. The topological polar surface area (TPSA) is 44.1 Å². The number of hydrogen-bond donors (Lipinski definition) is 0. The van der Waals surface area contributed by atoms with Crippen LogP contribution in [-0.4, -0.2) is 12.5 Å². The fourth-order valence-corrected chi connectivity index (χ4v) is 2.77. The number of amides is 1. The smallest absolute Gasteiger partial charge is 0.230 e. The van der Waals surface area contributed by atoms with E-state index < -0.39 is 0 Å². The van der Waals surface area contributed by atoms with E-state index in [1.807, 2.05) is 35.2 Å². The lowest BCUT2D eigenvalue weighted by Crippen LogP contribution is -2.29. The van der Waals surface area contributed by atoms with Gasteiger partial charge in [0, 0.05) is 24.6 Å². The maximum atomic E-state index is 12.0. The molecule has 0 unspecified atom stereocenters. The minimum absolute atomic E-state index is 0.125. The number of nitriles is 1. The summed E-state index contributed by atoms with van der Waals surface area (Å²) in [5.41, 5.74) is 0.982. The first-order valence-corrected chi connectivity index (χ1v) is 5.56.